The quantitative estimate of drug-likeness (QED) is 0.664. The molecule has 1 aromatic heterocycles. The van der Waals surface area contributed by atoms with Crippen LogP contribution in [0.1, 0.15) is 12.7 Å². The summed E-state index contributed by atoms with van der Waals surface area (Å²) < 4.78 is 14.4. The Balaban J connectivity index is 1.87. The maximum absolute atomic E-state index is 11.7. The SMILES string of the molecule is CCOC(=O)Oc1ccc(NC(=O)Nc2cc(C)on2)cc1. The fourth-order valence-corrected chi connectivity index (χ4v) is 1.55. The number of nitrogens with one attached hydrogen (secondary N) is 2. The molecule has 2 N–H and O–H groups in total. The van der Waals surface area contributed by atoms with Gasteiger partial charge in [-0.1, -0.05) is 5.16 Å². The highest BCUT2D eigenvalue weighted by atomic mass is 16.7. The highest BCUT2D eigenvalue weighted by molar-refractivity contribution is 5.99. The number of nitrogens with zero attached hydrogens (tertiary/aromatic N) is 1. The molecule has 1 aromatic carbocycles. The fraction of sp³-hybridized carbons (Fsp3) is 0.214. The third-order valence-corrected chi connectivity index (χ3v) is 2.45. The zero-order chi connectivity index (χ0) is 15.9. The molecule has 8 heteroatoms. The van der Waals surface area contributed by atoms with E-state index in [4.69, 9.17) is 9.26 Å². The van der Waals surface area contributed by atoms with Gasteiger partial charge in [0.2, 0.25) is 0 Å². The summed E-state index contributed by atoms with van der Waals surface area (Å²) in [5.74, 6) is 1.23. The number of hydrogen-bond donors (Lipinski definition) is 2. The van der Waals surface area contributed by atoms with Crippen molar-refractivity contribution in [1.29, 1.82) is 0 Å². The van der Waals surface area contributed by atoms with E-state index in [1.165, 1.54) is 12.1 Å². The number of aryl methyl sites for hydroxylation is 1. The molecular formula is C14H15N3O5. The van der Waals surface area contributed by atoms with Gasteiger partial charge in [0, 0.05) is 11.8 Å². The van der Waals surface area contributed by atoms with Gasteiger partial charge in [0.15, 0.2) is 5.82 Å². The first-order chi connectivity index (χ1) is 10.6. The molecule has 0 bridgehead atoms. The average molecular weight is 305 g/mol. The maximum Gasteiger partial charge on any atom is 0.513 e. The summed E-state index contributed by atoms with van der Waals surface area (Å²) in [7, 11) is 0. The van der Waals surface area contributed by atoms with E-state index in [2.05, 4.69) is 20.5 Å². The van der Waals surface area contributed by atoms with Gasteiger partial charge in [0.25, 0.3) is 0 Å². The summed E-state index contributed by atoms with van der Waals surface area (Å²) in [4.78, 5) is 22.9. The number of aromatic nitrogens is 1. The smallest absolute Gasteiger partial charge is 0.434 e. The molecule has 22 heavy (non-hydrogen) atoms. The van der Waals surface area contributed by atoms with Crippen LogP contribution >= 0.6 is 0 Å². The van der Waals surface area contributed by atoms with E-state index in [9.17, 15) is 9.59 Å². The first kappa shape index (κ1) is 15.4. The second-order valence-corrected chi connectivity index (χ2v) is 4.21. The van der Waals surface area contributed by atoms with E-state index in [-0.39, 0.29) is 6.61 Å². The van der Waals surface area contributed by atoms with Crippen LogP contribution in [0.15, 0.2) is 34.9 Å². The molecule has 0 aliphatic carbocycles. The molecule has 2 aromatic rings. The molecule has 0 saturated heterocycles. The Labute approximate surface area is 126 Å². The Hall–Kier alpha value is -3.03. The van der Waals surface area contributed by atoms with Gasteiger partial charge >= 0.3 is 12.2 Å². The predicted octanol–water partition coefficient (Wildman–Crippen LogP) is 3.16. The van der Waals surface area contributed by atoms with Crippen LogP contribution in [0.3, 0.4) is 0 Å². The number of benzene rings is 1. The summed E-state index contributed by atoms with van der Waals surface area (Å²) in [6, 6.07) is 7.37. The van der Waals surface area contributed by atoms with Gasteiger partial charge in [-0.25, -0.2) is 9.59 Å². The molecule has 2 rings (SSSR count). The Bertz CT molecular complexity index is 651. The maximum atomic E-state index is 11.7. The summed E-state index contributed by atoms with van der Waals surface area (Å²) in [5, 5.41) is 8.76. The van der Waals surface area contributed by atoms with Crippen LogP contribution in [-0.4, -0.2) is 24.0 Å². The van der Waals surface area contributed by atoms with Crippen molar-refractivity contribution in [2.24, 2.45) is 0 Å². The van der Waals surface area contributed by atoms with Crippen LogP contribution in [0.2, 0.25) is 0 Å². The zero-order valence-electron chi connectivity index (χ0n) is 12.1. The summed E-state index contributed by atoms with van der Waals surface area (Å²) >= 11 is 0. The molecule has 116 valence electrons. The van der Waals surface area contributed by atoms with Crippen LogP contribution in [0.25, 0.3) is 0 Å². The number of carbonyl (C=O) groups excluding carboxylic acids is 2. The minimum Gasteiger partial charge on any atom is -0.434 e. The first-order valence-corrected chi connectivity index (χ1v) is 6.53. The Morgan fingerprint density at radius 2 is 1.95 bits per heavy atom. The molecule has 0 radical (unpaired) electrons. The lowest BCUT2D eigenvalue weighted by molar-refractivity contribution is 0.104. The molecular weight excluding hydrogens is 290 g/mol. The molecule has 0 aliphatic heterocycles. The Morgan fingerprint density at radius 3 is 2.55 bits per heavy atom. The standard InChI is InChI=1S/C14H15N3O5/c1-3-20-14(19)21-11-6-4-10(5-7-11)15-13(18)16-12-8-9(2)22-17-12/h4-8H,3H2,1-2H3,(H2,15,16,17,18). The van der Waals surface area contributed by atoms with Crippen LogP contribution < -0.4 is 15.4 Å². The van der Waals surface area contributed by atoms with Gasteiger partial charge < -0.3 is 19.3 Å². The number of anilines is 2. The summed E-state index contributed by atoms with van der Waals surface area (Å²) in [6.07, 6.45) is -0.776. The first-order valence-electron chi connectivity index (χ1n) is 6.53. The van der Waals surface area contributed by atoms with Gasteiger partial charge in [-0.15, -0.1) is 0 Å². The normalized spacial score (nSPS) is 9.91. The van der Waals surface area contributed by atoms with Gasteiger partial charge in [-0.05, 0) is 38.1 Å². The second kappa shape index (κ2) is 7.11. The van der Waals surface area contributed by atoms with E-state index in [1.807, 2.05) is 0 Å². The van der Waals surface area contributed by atoms with E-state index in [1.54, 1.807) is 32.0 Å². The average Bonchev–Trinajstić information content (AvgIpc) is 2.86. The van der Waals surface area contributed by atoms with E-state index < -0.39 is 12.2 Å². The minimum atomic E-state index is -0.776. The van der Waals surface area contributed by atoms with Crippen molar-refractivity contribution >= 4 is 23.7 Å². The van der Waals surface area contributed by atoms with Gasteiger partial charge in [0.1, 0.15) is 11.5 Å². The highest BCUT2D eigenvalue weighted by Crippen LogP contribution is 2.16. The van der Waals surface area contributed by atoms with E-state index >= 15 is 0 Å². The fourth-order valence-electron chi connectivity index (χ4n) is 1.55. The van der Waals surface area contributed by atoms with Crippen LogP contribution in [0, 0.1) is 6.92 Å². The number of hydrogen-bond acceptors (Lipinski definition) is 6. The third-order valence-electron chi connectivity index (χ3n) is 2.45. The number of amides is 2. The van der Waals surface area contributed by atoms with E-state index in [0.717, 1.165) is 0 Å². The number of urea groups is 1. The van der Waals surface area contributed by atoms with Crippen molar-refractivity contribution in [3.63, 3.8) is 0 Å². The molecule has 0 fully saturated rings. The van der Waals surface area contributed by atoms with Crippen molar-refractivity contribution in [2.75, 3.05) is 17.2 Å². The van der Waals surface area contributed by atoms with Crippen molar-refractivity contribution in [1.82, 2.24) is 5.16 Å². The van der Waals surface area contributed by atoms with Crippen LogP contribution in [-0.2, 0) is 4.74 Å². The monoisotopic (exact) mass is 305 g/mol. The molecule has 0 saturated carbocycles. The van der Waals surface area contributed by atoms with Crippen molar-refractivity contribution in [2.45, 2.75) is 13.8 Å². The van der Waals surface area contributed by atoms with Crippen molar-refractivity contribution in [3.8, 4) is 5.75 Å². The van der Waals surface area contributed by atoms with Crippen LogP contribution in [0.5, 0.6) is 5.75 Å². The largest absolute Gasteiger partial charge is 0.513 e. The molecule has 1 heterocycles. The van der Waals surface area contributed by atoms with Crippen molar-refractivity contribution in [3.05, 3.63) is 36.1 Å². The van der Waals surface area contributed by atoms with Crippen molar-refractivity contribution < 1.29 is 23.6 Å². The second-order valence-electron chi connectivity index (χ2n) is 4.21. The molecule has 0 unspecified atom stereocenters. The van der Waals surface area contributed by atoms with Gasteiger partial charge in [-0.3, -0.25) is 5.32 Å². The Kier molecular flexibility index (Phi) is 4.97. The lowest BCUT2D eigenvalue weighted by atomic mass is 10.3. The lowest BCUT2D eigenvalue weighted by Gasteiger charge is -2.07. The third kappa shape index (κ3) is 4.51. The number of rotatable bonds is 4. The van der Waals surface area contributed by atoms with Crippen LogP contribution in [0.4, 0.5) is 21.1 Å². The topological polar surface area (TPSA) is 103 Å². The molecule has 0 spiro atoms. The molecule has 0 atom stereocenters. The van der Waals surface area contributed by atoms with E-state index in [0.29, 0.717) is 23.0 Å². The summed E-state index contributed by atoms with van der Waals surface area (Å²) in [6.45, 7) is 3.64. The minimum absolute atomic E-state index is 0.236. The number of carbonyl (C=O) groups is 2. The molecule has 0 aliphatic rings. The zero-order valence-corrected chi connectivity index (χ0v) is 12.1. The Morgan fingerprint density at radius 1 is 1.23 bits per heavy atom. The highest BCUT2D eigenvalue weighted by Gasteiger charge is 2.08. The molecule has 2 amide bonds. The number of ether oxygens (including phenoxy) is 2. The van der Waals surface area contributed by atoms with Gasteiger partial charge in [-0.2, -0.15) is 0 Å². The lowest BCUT2D eigenvalue weighted by Crippen LogP contribution is -2.19. The van der Waals surface area contributed by atoms with Gasteiger partial charge in [0.05, 0.1) is 6.61 Å². The summed E-state index contributed by atoms with van der Waals surface area (Å²) in [5.41, 5.74) is 0.522. The predicted molar refractivity (Wildman–Crippen MR) is 78.0 cm³/mol. The molecule has 8 nitrogen and oxygen atoms in total.